The highest BCUT2D eigenvalue weighted by atomic mass is 16.5. The monoisotopic (exact) mass is 465 g/mol. The van der Waals surface area contributed by atoms with Gasteiger partial charge in [-0.3, -0.25) is 19.6 Å². The van der Waals surface area contributed by atoms with Crippen LogP contribution in [0.3, 0.4) is 0 Å². The fourth-order valence-corrected chi connectivity index (χ4v) is 5.36. The van der Waals surface area contributed by atoms with Crippen molar-refractivity contribution in [3.05, 3.63) is 59.4 Å². The van der Waals surface area contributed by atoms with E-state index in [9.17, 15) is 4.79 Å². The van der Waals surface area contributed by atoms with E-state index in [0.717, 1.165) is 36.5 Å². The molecule has 3 atom stereocenters. The number of ether oxygens (including phenoxy) is 1. The molecule has 0 aliphatic carbocycles. The maximum Gasteiger partial charge on any atom is 0.241 e. The summed E-state index contributed by atoms with van der Waals surface area (Å²) in [5.74, 6) is 0.123. The maximum atomic E-state index is 13.7. The molecule has 0 bridgehead atoms. The lowest BCUT2D eigenvalue weighted by molar-refractivity contribution is -0.124. The van der Waals surface area contributed by atoms with Crippen LogP contribution < -0.4 is 10.2 Å². The number of amides is 1. The number of carbonyl (C=O) groups is 1. The van der Waals surface area contributed by atoms with Crippen LogP contribution >= 0.6 is 0 Å². The molecule has 34 heavy (non-hydrogen) atoms. The zero-order valence-electron chi connectivity index (χ0n) is 21.4. The van der Waals surface area contributed by atoms with Gasteiger partial charge < -0.3 is 15.0 Å². The largest absolute Gasteiger partial charge is 0.365 e. The number of hydrogen-bond donors (Lipinski definition) is 1. The standard InChI is InChI=1S/C27H39N5O2/c1-19-16-31(23(15-28-19)26(34-6)30(4)5)17-24(33)32-18-27(2,3)25-22(32)13-21(14-29-25)12-20-10-8-7-9-11-20/h7-11,13-14,19,23,26,28H,12,15-18H2,1-6H3/t19-,23-,26?/m1/s1. The molecule has 7 heteroatoms. The average Bonchev–Trinajstić information content (AvgIpc) is 3.06. The number of aromatic nitrogens is 1. The molecule has 0 spiro atoms. The first-order chi connectivity index (χ1) is 16.2. The van der Waals surface area contributed by atoms with Gasteiger partial charge >= 0.3 is 0 Å². The topological polar surface area (TPSA) is 60.9 Å². The number of fused-ring (bicyclic) bond motifs is 1. The lowest BCUT2D eigenvalue weighted by Gasteiger charge is -2.44. The zero-order chi connectivity index (χ0) is 24.5. The van der Waals surface area contributed by atoms with Crippen LogP contribution in [0.25, 0.3) is 0 Å². The van der Waals surface area contributed by atoms with E-state index in [2.05, 4.69) is 66.2 Å². The van der Waals surface area contributed by atoms with E-state index in [0.29, 0.717) is 19.1 Å². The minimum atomic E-state index is -0.175. The number of rotatable bonds is 7. The molecule has 7 nitrogen and oxygen atoms in total. The Kier molecular flexibility index (Phi) is 7.38. The summed E-state index contributed by atoms with van der Waals surface area (Å²) >= 11 is 0. The first kappa shape index (κ1) is 24.8. The third-order valence-corrected chi connectivity index (χ3v) is 7.03. The van der Waals surface area contributed by atoms with Crippen molar-refractivity contribution in [3.63, 3.8) is 0 Å². The third-order valence-electron chi connectivity index (χ3n) is 7.03. The highest BCUT2D eigenvalue weighted by Gasteiger charge is 2.41. The molecule has 2 aliphatic heterocycles. The highest BCUT2D eigenvalue weighted by molar-refractivity contribution is 5.97. The molecule has 1 aromatic carbocycles. The van der Waals surface area contributed by atoms with Gasteiger partial charge in [-0.1, -0.05) is 44.2 Å². The molecule has 4 rings (SSSR count). The van der Waals surface area contributed by atoms with E-state index in [1.165, 1.54) is 5.56 Å². The molecule has 3 heterocycles. The summed E-state index contributed by atoms with van der Waals surface area (Å²) in [7, 11) is 5.78. The van der Waals surface area contributed by atoms with Gasteiger partial charge in [0.05, 0.1) is 24.0 Å². The van der Waals surface area contributed by atoms with Gasteiger partial charge in [0.25, 0.3) is 0 Å². The molecular weight excluding hydrogens is 426 g/mol. The quantitative estimate of drug-likeness (QED) is 0.634. The first-order valence-electron chi connectivity index (χ1n) is 12.2. The number of nitrogens with zero attached hydrogens (tertiary/aromatic N) is 4. The fraction of sp³-hybridized carbons (Fsp3) is 0.556. The van der Waals surface area contributed by atoms with E-state index < -0.39 is 0 Å². The Morgan fingerprint density at radius 1 is 1.26 bits per heavy atom. The summed E-state index contributed by atoms with van der Waals surface area (Å²) in [5.41, 5.74) is 4.16. The van der Waals surface area contributed by atoms with Crippen molar-refractivity contribution in [2.75, 3.05) is 52.3 Å². The first-order valence-corrected chi connectivity index (χ1v) is 12.2. The summed E-state index contributed by atoms with van der Waals surface area (Å²) < 4.78 is 5.79. The molecule has 1 saturated heterocycles. The minimum Gasteiger partial charge on any atom is -0.365 e. The Bertz CT molecular complexity index is 994. The van der Waals surface area contributed by atoms with Gasteiger partial charge in [-0.2, -0.15) is 0 Å². The molecule has 1 aromatic heterocycles. The summed E-state index contributed by atoms with van der Waals surface area (Å²) in [6.45, 7) is 9.12. The molecule has 0 radical (unpaired) electrons. The molecule has 0 saturated carbocycles. The van der Waals surface area contributed by atoms with E-state index in [-0.39, 0.29) is 23.6 Å². The van der Waals surface area contributed by atoms with Gasteiger partial charge in [0.2, 0.25) is 5.91 Å². The molecule has 1 unspecified atom stereocenters. The highest BCUT2D eigenvalue weighted by Crippen LogP contribution is 2.39. The van der Waals surface area contributed by atoms with E-state index in [1.54, 1.807) is 7.11 Å². The number of anilines is 1. The predicted molar refractivity (Wildman–Crippen MR) is 136 cm³/mol. The smallest absolute Gasteiger partial charge is 0.241 e. The van der Waals surface area contributed by atoms with E-state index in [1.807, 2.05) is 31.3 Å². The molecular formula is C27H39N5O2. The van der Waals surface area contributed by atoms with Crippen molar-refractivity contribution < 1.29 is 9.53 Å². The van der Waals surface area contributed by atoms with Crippen molar-refractivity contribution in [2.24, 2.45) is 0 Å². The number of pyridine rings is 1. The van der Waals surface area contributed by atoms with Gasteiger partial charge in [-0.25, -0.2) is 0 Å². The summed E-state index contributed by atoms with van der Waals surface area (Å²) in [4.78, 5) is 24.9. The van der Waals surface area contributed by atoms with Crippen LogP contribution in [0.1, 0.15) is 37.6 Å². The number of benzene rings is 1. The average molecular weight is 466 g/mol. The second-order valence-electron chi connectivity index (χ2n) is 10.6. The molecule has 1 N–H and O–H groups in total. The van der Waals surface area contributed by atoms with Gasteiger partial charge in [0.15, 0.2) is 0 Å². The van der Waals surface area contributed by atoms with Gasteiger partial charge in [-0.05, 0) is 44.6 Å². The van der Waals surface area contributed by atoms with Crippen LogP contribution in [0.5, 0.6) is 0 Å². The summed E-state index contributed by atoms with van der Waals surface area (Å²) in [6, 6.07) is 13.0. The second-order valence-corrected chi connectivity index (χ2v) is 10.6. The number of likely N-dealkylation sites (N-methyl/N-ethyl adjacent to an activating group) is 1. The van der Waals surface area contributed by atoms with Crippen molar-refractivity contribution in [3.8, 4) is 0 Å². The Labute approximate surface area is 204 Å². The van der Waals surface area contributed by atoms with Crippen LogP contribution in [-0.4, -0.2) is 86.4 Å². The Morgan fingerprint density at radius 3 is 2.68 bits per heavy atom. The van der Waals surface area contributed by atoms with E-state index in [4.69, 9.17) is 9.72 Å². The number of carbonyl (C=O) groups excluding carboxylic acids is 1. The molecule has 1 fully saturated rings. The number of hydrogen-bond acceptors (Lipinski definition) is 6. The van der Waals surface area contributed by atoms with Crippen molar-refractivity contribution in [1.29, 1.82) is 0 Å². The number of piperazine rings is 1. The van der Waals surface area contributed by atoms with E-state index >= 15 is 0 Å². The van der Waals surface area contributed by atoms with Crippen molar-refractivity contribution in [2.45, 2.75) is 50.9 Å². The normalized spacial score (nSPS) is 23.2. The molecule has 1 amide bonds. The summed E-state index contributed by atoms with van der Waals surface area (Å²) in [5, 5.41) is 3.55. The minimum absolute atomic E-state index is 0.0887. The Balaban J connectivity index is 1.57. The Hall–Kier alpha value is -2.32. The lowest BCUT2D eigenvalue weighted by Crippen LogP contribution is -2.64. The van der Waals surface area contributed by atoms with Crippen molar-refractivity contribution >= 4 is 11.6 Å². The van der Waals surface area contributed by atoms with Gasteiger partial charge in [-0.15, -0.1) is 0 Å². The van der Waals surface area contributed by atoms with Crippen LogP contribution in [0.4, 0.5) is 5.69 Å². The van der Waals surface area contributed by atoms with Crippen molar-refractivity contribution in [1.82, 2.24) is 20.1 Å². The third kappa shape index (κ3) is 5.18. The van der Waals surface area contributed by atoms with Crippen LogP contribution in [-0.2, 0) is 21.4 Å². The number of methoxy groups -OCH3 is 1. The summed E-state index contributed by atoms with van der Waals surface area (Å²) in [6.07, 6.45) is 2.68. The molecule has 2 aliphatic rings. The Morgan fingerprint density at radius 2 is 2.00 bits per heavy atom. The fourth-order valence-electron chi connectivity index (χ4n) is 5.36. The second kappa shape index (κ2) is 10.1. The predicted octanol–water partition coefficient (Wildman–Crippen LogP) is 2.49. The van der Waals surface area contributed by atoms with Gasteiger partial charge in [0.1, 0.15) is 6.23 Å². The zero-order valence-corrected chi connectivity index (χ0v) is 21.4. The number of nitrogens with one attached hydrogen (secondary N) is 1. The van der Waals surface area contributed by atoms with Crippen LogP contribution in [0, 0.1) is 0 Å². The molecule has 2 aromatic rings. The maximum absolute atomic E-state index is 13.7. The van der Waals surface area contributed by atoms with Crippen LogP contribution in [0.2, 0.25) is 0 Å². The van der Waals surface area contributed by atoms with Gasteiger partial charge in [0, 0.05) is 44.4 Å². The molecule has 184 valence electrons. The van der Waals surface area contributed by atoms with Crippen LogP contribution in [0.15, 0.2) is 42.6 Å². The SMILES string of the molecule is COC([C@H]1CN[C@H](C)CN1CC(=O)N1CC(C)(C)c2ncc(Cc3ccccc3)cc21)N(C)C. The lowest BCUT2D eigenvalue weighted by atomic mass is 9.91.